The molecule has 1 aliphatic rings. The van der Waals surface area contributed by atoms with Crippen LogP contribution >= 0.6 is 27.5 Å². The van der Waals surface area contributed by atoms with Gasteiger partial charge in [-0.05, 0) is 46.7 Å². The zero-order valence-electron chi connectivity index (χ0n) is 10.9. The van der Waals surface area contributed by atoms with Gasteiger partial charge in [-0.2, -0.15) is 0 Å². The Morgan fingerprint density at radius 2 is 2.32 bits per heavy atom. The summed E-state index contributed by atoms with van der Waals surface area (Å²) in [4.78, 5) is 9.21. The fourth-order valence-electron chi connectivity index (χ4n) is 2.60. The molecule has 3 rings (SSSR count). The van der Waals surface area contributed by atoms with Crippen LogP contribution < -0.4 is 0 Å². The van der Waals surface area contributed by atoms with Gasteiger partial charge in [0.15, 0.2) is 5.65 Å². The first-order chi connectivity index (χ1) is 9.19. The van der Waals surface area contributed by atoms with Crippen LogP contribution in [0.4, 0.5) is 0 Å². The number of pyridine rings is 1. The van der Waals surface area contributed by atoms with Gasteiger partial charge in [-0.1, -0.05) is 6.92 Å². The number of alkyl halides is 1. The third-order valence-corrected chi connectivity index (χ3v) is 4.47. The van der Waals surface area contributed by atoms with E-state index < -0.39 is 0 Å². The van der Waals surface area contributed by atoms with E-state index in [0.29, 0.717) is 11.8 Å². The van der Waals surface area contributed by atoms with Crippen molar-refractivity contribution in [3.05, 3.63) is 22.6 Å². The predicted molar refractivity (Wildman–Crippen MR) is 81.5 cm³/mol. The van der Waals surface area contributed by atoms with E-state index in [0.717, 1.165) is 40.3 Å². The van der Waals surface area contributed by atoms with Crippen LogP contribution in [-0.2, 0) is 13.0 Å². The van der Waals surface area contributed by atoms with E-state index in [-0.39, 0.29) is 0 Å². The van der Waals surface area contributed by atoms with E-state index in [1.165, 1.54) is 12.8 Å². The fraction of sp³-hybridized carbons (Fsp3) is 0.571. The minimum atomic E-state index is 0.600. The molecule has 1 fully saturated rings. The lowest BCUT2D eigenvalue weighted by molar-refractivity contribution is 0.428. The first kappa shape index (κ1) is 13.4. The van der Waals surface area contributed by atoms with Gasteiger partial charge < -0.3 is 4.57 Å². The van der Waals surface area contributed by atoms with Gasteiger partial charge >= 0.3 is 0 Å². The van der Waals surface area contributed by atoms with Gasteiger partial charge in [-0.25, -0.2) is 9.97 Å². The van der Waals surface area contributed by atoms with Crippen molar-refractivity contribution in [2.45, 2.75) is 32.7 Å². The third-order valence-electron chi connectivity index (χ3n) is 3.85. The number of aryl methyl sites for hydroxylation is 1. The molecule has 0 bridgehead atoms. The van der Waals surface area contributed by atoms with Crippen molar-refractivity contribution >= 4 is 38.7 Å². The topological polar surface area (TPSA) is 30.7 Å². The zero-order valence-corrected chi connectivity index (χ0v) is 13.3. The van der Waals surface area contributed by atoms with Crippen LogP contribution in [0, 0.1) is 11.8 Å². The Labute approximate surface area is 126 Å². The quantitative estimate of drug-likeness (QED) is 0.768. The first-order valence-electron chi connectivity index (χ1n) is 6.75. The van der Waals surface area contributed by atoms with Gasteiger partial charge in [0.05, 0.1) is 0 Å². The summed E-state index contributed by atoms with van der Waals surface area (Å²) in [6, 6.07) is 2.03. The number of hydrogen-bond acceptors (Lipinski definition) is 2. The molecule has 1 aliphatic carbocycles. The number of halogens is 2. The van der Waals surface area contributed by atoms with E-state index in [1.54, 1.807) is 0 Å². The summed E-state index contributed by atoms with van der Waals surface area (Å²) in [6.07, 6.45) is 5.38. The minimum Gasteiger partial charge on any atom is -0.312 e. The molecule has 3 nitrogen and oxygen atoms in total. The lowest BCUT2D eigenvalue weighted by Gasteiger charge is -2.13. The van der Waals surface area contributed by atoms with Crippen molar-refractivity contribution in [1.82, 2.24) is 14.5 Å². The van der Waals surface area contributed by atoms with Crippen LogP contribution in [0.15, 0.2) is 16.7 Å². The van der Waals surface area contributed by atoms with Crippen LogP contribution in [0.25, 0.3) is 11.2 Å². The molecular formula is C14H17BrClN3. The summed E-state index contributed by atoms with van der Waals surface area (Å²) in [5.74, 6) is 3.24. The summed E-state index contributed by atoms with van der Waals surface area (Å²) in [5.41, 5.74) is 1.94. The highest BCUT2D eigenvalue weighted by molar-refractivity contribution is 9.10. The van der Waals surface area contributed by atoms with Crippen molar-refractivity contribution < 1.29 is 0 Å². The van der Waals surface area contributed by atoms with E-state index in [2.05, 4.69) is 37.4 Å². The maximum absolute atomic E-state index is 5.90. The summed E-state index contributed by atoms with van der Waals surface area (Å²) in [6.45, 7) is 3.33. The van der Waals surface area contributed by atoms with E-state index in [1.807, 2.05) is 12.3 Å². The Bertz CT molecular complexity index is 592. The molecule has 0 N–H and O–H groups in total. The number of fused-ring (bicyclic) bond motifs is 1. The molecule has 1 saturated carbocycles. The molecule has 0 radical (unpaired) electrons. The molecule has 102 valence electrons. The fourth-order valence-corrected chi connectivity index (χ4v) is 3.09. The minimum absolute atomic E-state index is 0.600. The molecule has 2 aromatic heterocycles. The standard InChI is InChI=1S/C14H17BrClN3/c1-9(10-2-3-10)8-19-13(4-5-16)18-12-6-11(15)7-17-14(12)19/h6-7,9-10H,2-5,8H2,1H3. The molecule has 2 heterocycles. The molecule has 1 unspecified atom stereocenters. The Kier molecular flexibility index (Phi) is 3.81. The second kappa shape index (κ2) is 5.41. The molecule has 1 atom stereocenters. The van der Waals surface area contributed by atoms with E-state index in [9.17, 15) is 0 Å². The lowest BCUT2D eigenvalue weighted by atomic mass is 10.1. The summed E-state index contributed by atoms with van der Waals surface area (Å²) < 4.78 is 3.23. The van der Waals surface area contributed by atoms with Crippen LogP contribution in [0.3, 0.4) is 0 Å². The predicted octanol–water partition coefficient (Wildman–Crippen LogP) is 4.02. The second-order valence-electron chi connectivity index (χ2n) is 5.39. The average Bonchev–Trinajstić information content (AvgIpc) is 3.16. The van der Waals surface area contributed by atoms with Crippen LogP contribution in [-0.4, -0.2) is 20.4 Å². The third kappa shape index (κ3) is 2.79. The van der Waals surface area contributed by atoms with Crippen molar-refractivity contribution in [3.63, 3.8) is 0 Å². The molecule has 0 aliphatic heterocycles. The normalized spacial score (nSPS) is 17.0. The van der Waals surface area contributed by atoms with Gasteiger partial charge in [-0.15, -0.1) is 11.6 Å². The Balaban J connectivity index is 1.99. The molecule has 2 aromatic rings. The first-order valence-corrected chi connectivity index (χ1v) is 8.08. The van der Waals surface area contributed by atoms with Crippen molar-refractivity contribution in [2.24, 2.45) is 11.8 Å². The number of imidazole rings is 1. The van der Waals surface area contributed by atoms with E-state index >= 15 is 0 Å². The number of hydrogen-bond donors (Lipinski definition) is 0. The molecule has 19 heavy (non-hydrogen) atoms. The van der Waals surface area contributed by atoms with Gasteiger partial charge in [0.2, 0.25) is 0 Å². The van der Waals surface area contributed by atoms with Crippen molar-refractivity contribution in [2.75, 3.05) is 5.88 Å². The SMILES string of the molecule is CC(Cn1c(CCCl)nc2cc(Br)cnc21)C1CC1. The molecule has 0 amide bonds. The van der Waals surface area contributed by atoms with Gasteiger partial charge in [-0.3, -0.25) is 0 Å². The monoisotopic (exact) mass is 341 g/mol. The Morgan fingerprint density at radius 3 is 3.00 bits per heavy atom. The molecule has 0 spiro atoms. The van der Waals surface area contributed by atoms with E-state index in [4.69, 9.17) is 11.6 Å². The Hall–Kier alpha value is -0.610. The van der Waals surface area contributed by atoms with Gasteiger partial charge in [0, 0.05) is 29.5 Å². The summed E-state index contributed by atoms with van der Waals surface area (Å²) >= 11 is 9.35. The largest absolute Gasteiger partial charge is 0.312 e. The van der Waals surface area contributed by atoms with Crippen LogP contribution in [0.2, 0.25) is 0 Å². The van der Waals surface area contributed by atoms with Gasteiger partial charge in [0.25, 0.3) is 0 Å². The maximum atomic E-state index is 5.90. The molecule has 5 heteroatoms. The highest BCUT2D eigenvalue weighted by Gasteiger charge is 2.29. The zero-order chi connectivity index (χ0) is 13.4. The maximum Gasteiger partial charge on any atom is 0.160 e. The van der Waals surface area contributed by atoms with Crippen molar-refractivity contribution in [1.29, 1.82) is 0 Å². The summed E-state index contributed by atoms with van der Waals surface area (Å²) in [7, 11) is 0. The highest BCUT2D eigenvalue weighted by atomic mass is 79.9. The Morgan fingerprint density at radius 1 is 1.53 bits per heavy atom. The number of rotatable bonds is 5. The van der Waals surface area contributed by atoms with Crippen LogP contribution in [0.5, 0.6) is 0 Å². The molecule has 0 saturated heterocycles. The number of aromatic nitrogens is 3. The van der Waals surface area contributed by atoms with Crippen LogP contribution in [0.1, 0.15) is 25.6 Å². The number of nitrogens with zero attached hydrogens (tertiary/aromatic N) is 3. The smallest absolute Gasteiger partial charge is 0.160 e. The highest BCUT2D eigenvalue weighted by Crippen LogP contribution is 2.37. The second-order valence-corrected chi connectivity index (χ2v) is 6.68. The van der Waals surface area contributed by atoms with Gasteiger partial charge in [0.1, 0.15) is 11.3 Å². The van der Waals surface area contributed by atoms with Crippen molar-refractivity contribution in [3.8, 4) is 0 Å². The molecule has 0 aromatic carbocycles. The molecular weight excluding hydrogens is 326 g/mol. The average molecular weight is 343 g/mol. The lowest BCUT2D eigenvalue weighted by Crippen LogP contribution is -2.13. The summed E-state index contributed by atoms with van der Waals surface area (Å²) in [5, 5.41) is 0.